The third-order valence-corrected chi connectivity index (χ3v) is 5.89. The lowest BCUT2D eigenvalue weighted by Gasteiger charge is -2.37. The first-order chi connectivity index (χ1) is 15.2. The van der Waals surface area contributed by atoms with Crippen LogP contribution in [0.1, 0.15) is 55.3 Å². The summed E-state index contributed by atoms with van der Waals surface area (Å²) >= 11 is 0. The molecule has 2 aromatic rings. The summed E-state index contributed by atoms with van der Waals surface area (Å²) in [5.74, 6) is -0.142. The second-order valence-corrected chi connectivity index (χ2v) is 8.08. The van der Waals surface area contributed by atoms with E-state index >= 15 is 0 Å². The van der Waals surface area contributed by atoms with E-state index in [0.29, 0.717) is 12.8 Å². The molecule has 3 rings (SSSR count). The van der Waals surface area contributed by atoms with Crippen molar-refractivity contribution in [3.63, 3.8) is 0 Å². The van der Waals surface area contributed by atoms with E-state index in [2.05, 4.69) is 46.2 Å². The van der Waals surface area contributed by atoms with E-state index < -0.39 is 0 Å². The Hall–Kier alpha value is -2.86. The first-order valence-electron chi connectivity index (χ1n) is 11.3. The lowest BCUT2D eigenvalue weighted by Crippen LogP contribution is -2.46. The molecule has 1 fully saturated rings. The molecule has 6 heteroatoms. The molecule has 2 aromatic carbocycles. The Morgan fingerprint density at radius 3 is 1.81 bits per heavy atom. The van der Waals surface area contributed by atoms with Gasteiger partial charge in [-0.15, -0.1) is 0 Å². The fraction of sp³-hybridized carbons (Fsp3) is 0.440. The van der Waals surface area contributed by atoms with Crippen LogP contribution in [0.4, 0.5) is 11.4 Å². The van der Waals surface area contributed by atoms with Crippen molar-refractivity contribution >= 4 is 23.1 Å². The van der Waals surface area contributed by atoms with Gasteiger partial charge in [0.25, 0.3) is 0 Å². The van der Waals surface area contributed by atoms with E-state index in [1.165, 1.54) is 11.4 Å². The number of hydroxylamine groups is 1. The Bertz CT molecular complexity index is 816. The smallest absolute Gasteiger partial charge is 0.243 e. The molecule has 0 aliphatic carbocycles. The van der Waals surface area contributed by atoms with Gasteiger partial charge < -0.3 is 9.80 Å². The Labute approximate surface area is 184 Å². The van der Waals surface area contributed by atoms with E-state index in [0.717, 1.165) is 63.8 Å². The summed E-state index contributed by atoms with van der Waals surface area (Å²) in [6, 6.07) is 18.6. The Kier molecular flexibility index (Phi) is 8.91. The summed E-state index contributed by atoms with van der Waals surface area (Å²) in [4.78, 5) is 28.2. The Morgan fingerprint density at radius 1 is 0.710 bits per heavy atom. The average molecular weight is 424 g/mol. The minimum Gasteiger partial charge on any atom is -0.368 e. The highest BCUT2D eigenvalue weighted by Crippen LogP contribution is 2.21. The molecule has 166 valence electrons. The van der Waals surface area contributed by atoms with Crippen LogP contribution in [-0.4, -0.2) is 43.1 Å². The van der Waals surface area contributed by atoms with Gasteiger partial charge in [-0.25, -0.2) is 5.48 Å². The average Bonchev–Trinajstić information content (AvgIpc) is 2.84. The van der Waals surface area contributed by atoms with E-state index in [1.54, 1.807) is 5.48 Å². The summed E-state index contributed by atoms with van der Waals surface area (Å²) < 4.78 is 0. The van der Waals surface area contributed by atoms with Gasteiger partial charge in [-0.1, -0.05) is 37.5 Å². The predicted octanol–water partition coefficient (Wildman–Crippen LogP) is 4.43. The van der Waals surface area contributed by atoms with Gasteiger partial charge in [0.2, 0.25) is 5.91 Å². The number of piperazine rings is 1. The van der Waals surface area contributed by atoms with Crippen LogP contribution in [0.15, 0.2) is 54.6 Å². The molecule has 0 unspecified atom stereocenters. The molecule has 6 nitrogen and oxygen atoms in total. The molecule has 0 radical (unpaired) electrons. The number of rotatable bonds is 11. The minimum absolute atomic E-state index is 0.195. The summed E-state index contributed by atoms with van der Waals surface area (Å²) in [6.45, 7) is 3.94. The van der Waals surface area contributed by atoms with Crippen LogP contribution in [0.2, 0.25) is 0 Å². The van der Waals surface area contributed by atoms with Gasteiger partial charge in [0.05, 0.1) is 0 Å². The van der Waals surface area contributed by atoms with Crippen LogP contribution >= 0.6 is 0 Å². The molecule has 1 amide bonds. The molecule has 0 saturated carbocycles. The third kappa shape index (κ3) is 7.10. The fourth-order valence-electron chi connectivity index (χ4n) is 4.02. The van der Waals surface area contributed by atoms with Crippen LogP contribution in [0.3, 0.4) is 0 Å². The lowest BCUT2D eigenvalue weighted by atomic mass is 10.0. The number of amides is 1. The van der Waals surface area contributed by atoms with Crippen LogP contribution in [0, 0.1) is 0 Å². The molecule has 0 bridgehead atoms. The molecular formula is C25H33N3O3. The number of hydrogen-bond acceptors (Lipinski definition) is 5. The van der Waals surface area contributed by atoms with Crippen molar-refractivity contribution in [2.75, 3.05) is 36.0 Å². The van der Waals surface area contributed by atoms with Crippen molar-refractivity contribution in [1.82, 2.24) is 5.48 Å². The number of carbonyl (C=O) groups is 2. The van der Waals surface area contributed by atoms with Crippen molar-refractivity contribution in [2.24, 2.45) is 0 Å². The standard InChI is InChI=1S/C25H33N3O3/c29-24(11-7-2-1-3-8-12-25(30)26-31)21-13-15-23(16-14-21)28-19-17-27(18-20-28)22-9-5-4-6-10-22/h4-6,9-10,13-16,31H,1-3,7-8,11-12,17-20H2,(H,26,30). The predicted molar refractivity (Wildman–Crippen MR) is 124 cm³/mol. The molecule has 31 heavy (non-hydrogen) atoms. The number of benzene rings is 2. The van der Waals surface area contributed by atoms with Crippen LogP contribution in [-0.2, 0) is 4.79 Å². The van der Waals surface area contributed by atoms with Gasteiger partial charge in [0.15, 0.2) is 5.78 Å². The maximum absolute atomic E-state index is 12.4. The van der Waals surface area contributed by atoms with Crippen molar-refractivity contribution in [3.8, 4) is 0 Å². The van der Waals surface area contributed by atoms with Gasteiger partial charge in [0, 0.05) is 56.0 Å². The second kappa shape index (κ2) is 12.1. The first-order valence-corrected chi connectivity index (χ1v) is 11.3. The normalized spacial score (nSPS) is 13.8. The molecule has 0 aromatic heterocycles. The van der Waals surface area contributed by atoms with Gasteiger partial charge >= 0.3 is 0 Å². The van der Waals surface area contributed by atoms with Crippen LogP contribution < -0.4 is 15.3 Å². The molecule has 1 heterocycles. The zero-order chi connectivity index (χ0) is 21.9. The number of unbranched alkanes of at least 4 members (excludes halogenated alkanes) is 4. The Morgan fingerprint density at radius 2 is 1.23 bits per heavy atom. The summed E-state index contributed by atoms with van der Waals surface area (Å²) in [5, 5.41) is 8.45. The minimum atomic E-state index is -0.336. The van der Waals surface area contributed by atoms with Gasteiger partial charge in [-0.05, 0) is 49.2 Å². The lowest BCUT2D eigenvalue weighted by molar-refractivity contribution is -0.129. The van der Waals surface area contributed by atoms with E-state index in [9.17, 15) is 9.59 Å². The number of hydrogen-bond donors (Lipinski definition) is 2. The van der Waals surface area contributed by atoms with E-state index in [4.69, 9.17) is 5.21 Å². The van der Waals surface area contributed by atoms with Crippen LogP contribution in [0.5, 0.6) is 0 Å². The summed E-state index contributed by atoms with van der Waals surface area (Å²) in [6.07, 6.45) is 5.47. The third-order valence-electron chi connectivity index (χ3n) is 5.89. The van der Waals surface area contributed by atoms with E-state index in [1.807, 2.05) is 18.2 Å². The molecular weight excluding hydrogens is 390 g/mol. The van der Waals surface area contributed by atoms with Crippen LogP contribution in [0.25, 0.3) is 0 Å². The van der Waals surface area contributed by atoms with E-state index in [-0.39, 0.29) is 11.7 Å². The molecule has 1 saturated heterocycles. The van der Waals surface area contributed by atoms with Gasteiger partial charge in [0.1, 0.15) is 0 Å². The molecule has 0 atom stereocenters. The second-order valence-electron chi connectivity index (χ2n) is 8.08. The van der Waals surface area contributed by atoms with Gasteiger partial charge in [-0.3, -0.25) is 14.8 Å². The topological polar surface area (TPSA) is 72.9 Å². The number of carbonyl (C=O) groups excluding carboxylic acids is 2. The van der Waals surface area contributed by atoms with Crippen molar-refractivity contribution < 1.29 is 14.8 Å². The summed E-state index contributed by atoms with van der Waals surface area (Å²) in [5.41, 5.74) is 4.88. The number of nitrogens with zero attached hydrogens (tertiary/aromatic N) is 2. The largest absolute Gasteiger partial charge is 0.368 e. The molecule has 1 aliphatic heterocycles. The van der Waals surface area contributed by atoms with Crippen molar-refractivity contribution in [3.05, 3.63) is 60.2 Å². The number of nitrogens with one attached hydrogen (secondary N) is 1. The SMILES string of the molecule is O=C(CCCCCCCC(=O)c1ccc(N2CCN(c3ccccc3)CC2)cc1)NO. The molecule has 0 spiro atoms. The van der Waals surface area contributed by atoms with Gasteiger partial charge in [-0.2, -0.15) is 0 Å². The fourth-order valence-corrected chi connectivity index (χ4v) is 4.02. The maximum Gasteiger partial charge on any atom is 0.243 e. The monoisotopic (exact) mass is 423 g/mol. The number of anilines is 2. The highest BCUT2D eigenvalue weighted by Gasteiger charge is 2.17. The number of Topliss-reactive ketones (excluding diaryl/α,β-unsaturated/α-hetero) is 1. The highest BCUT2D eigenvalue weighted by molar-refractivity contribution is 5.96. The number of ketones is 1. The molecule has 2 N–H and O–H groups in total. The maximum atomic E-state index is 12.4. The first kappa shape index (κ1) is 22.8. The zero-order valence-electron chi connectivity index (χ0n) is 18.1. The summed E-state index contributed by atoms with van der Waals surface area (Å²) in [7, 11) is 0. The van der Waals surface area contributed by atoms with Crippen molar-refractivity contribution in [1.29, 1.82) is 0 Å². The number of para-hydroxylation sites is 1. The molecule has 1 aliphatic rings. The Balaban J connectivity index is 1.36. The zero-order valence-corrected chi connectivity index (χ0v) is 18.1. The quantitative estimate of drug-likeness (QED) is 0.242. The van der Waals surface area contributed by atoms with Crippen molar-refractivity contribution in [2.45, 2.75) is 44.9 Å². The highest BCUT2D eigenvalue weighted by atomic mass is 16.5.